The first kappa shape index (κ1) is 19.3. The normalized spacial score (nSPS) is 16.5. The molecule has 9 heteroatoms. The molecule has 1 aliphatic heterocycles. The Morgan fingerprint density at radius 3 is 2.71 bits per heavy atom. The second kappa shape index (κ2) is 8.03. The van der Waals surface area contributed by atoms with Gasteiger partial charge in [-0.25, -0.2) is 4.39 Å². The highest BCUT2D eigenvalue weighted by Crippen LogP contribution is 2.33. The molecule has 1 fully saturated rings. The summed E-state index contributed by atoms with van der Waals surface area (Å²) in [6.45, 7) is 0.346. The third kappa shape index (κ3) is 4.08. The summed E-state index contributed by atoms with van der Waals surface area (Å²) in [5, 5.41) is 11.8. The number of nitrogens with two attached hydrogens (primary N) is 1. The lowest BCUT2D eigenvalue weighted by atomic mass is 9.95. The Labute approximate surface area is 160 Å². The maximum atomic E-state index is 13.7. The Bertz CT molecular complexity index is 934. The number of hydrogen-bond acceptors (Lipinski definition) is 5. The summed E-state index contributed by atoms with van der Waals surface area (Å²) in [7, 11) is 0. The van der Waals surface area contributed by atoms with Crippen LogP contribution in [0.1, 0.15) is 41.2 Å². The van der Waals surface area contributed by atoms with Crippen molar-refractivity contribution in [1.29, 1.82) is 0 Å². The van der Waals surface area contributed by atoms with Gasteiger partial charge < -0.3 is 21.1 Å². The maximum Gasteiger partial charge on any atom is 0.313 e. The van der Waals surface area contributed by atoms with Crippen molar-refractivity contribution in [3.63, 3.8) is 0 Å². The molecule has 1 aromatic heterocycles. The van der Waals surface area contributed by atoms with Crippen LogP contribution in [-0.2, 0) is 9.59 Å². The number of phenols is 1. The lowest BCUT2D eigenvalue weighted by Crippen LogP contribution is -2.44. The smallest absolute Gasteiger partial charge is 0.313 e. The number of likely N-dealkylation sites (tertiary alicyclic amines) is 1. The van der Waals surface area contributed by atoms with Gasteiger partial charge in [0.1, 0.15) is 0 Å². The SMILES string of the molecule is NC(=O)c1cncc(NC(=O)C(=O)N2CCCC[C@H]2c2ccc(O)c(F)c2)c1. The summed E-state index contributed by atoms with van der Waals surface area (Å²) in [5.74, 6) is -3.64. The molecule has 2 aromatic rings. The van der Waals surface area contributed by atoms with E-state index in [-0.39, 0.29) is 11.3 Å². The number of hydrogen-bond donors (Lipinski definition) is 3. The van der Waals surface area contributed by atoms with Crippen LogP contribution in [0.2, 0.25) is 0 Å². The minimum absolute atomic E-state index is 0.0978. The number of phenolic OH excluding ortho intramolecular Hbond substituents is 1. The molecule has 4 N–H and O–H groups in total. The highest BCUT2D eigenvalue weighted by atomic mass is 19.1. The standard InChI is InChI=1S/C19H19FN4O4/c20-14-8-11(4-5-16(14)25)15-3-1-2-6-24(15)19(28)18(27)23-13-7-12(17(21)26)9-22-10-13/h4-5,7-10,15,25H,1-3,6H2,(H2,21,26)(H,23,27)/t15-/m0/s1. The molecule has 3 amide bonds. The van der Waals surface area contributed by atoms with E-state index in [0.717, 1.165) is 12.8 Å². The van der Waals surface area contributed by atoms with Gasteiger partial charge >= 0.3 is 11.8 Å². The molecule has 0 spiro atoms. The van der Waals surface area contributed by atoms with Gasteiger partial charge in [-0.3, -0.25) is 19.4 Å². The maximum absolute atomic E-state index is 13.7. The molecule has 0 bridgehead atoms. The van der Waals surface area contributed by atoms with E-state index in [4.69, 9.17) is 5.73 Å². The quantitative estimate of drug-likeness (QED) is 0.693. The molecule has 1 aromatic carbocycles. The van der Waals surface area contributed by atoms with E-state index in [1.165, 1.54) is 41.6 Å². The van der Waals surface area contributed by atoms with E-state index < -0.39 is 35.3 Å². The van der Waals surface area contributed by atoms with Crippen LogP contribution in [0.25, 0.3) is 0 Å². The van der Waals surface area contributed by atoms with E-state index in [1.807, 2.05) is 0 Å². The second-order valence-corrected chi connectivity index (χ2v) is 6.50. The lowest BCUT2D eigenvalue weighted by Gasteiger charge is -2.35. The Hall–Kier alpha value is -3.49. The van der Waals surface area contributed by atoms with Crippen LogP contribution in [0.5, 0.6) is 5.75 Å². The first-order valence-corrected chi connectivity index (χ1v) is 8.72. The topological polar surface area (TPSA) is 126 Å². The molecule has 0 radical (unpaired) electrons. The molecule has 1 aliphatic rings. The molecule has 2 heterocycles. The van der Waals surface area contributed by atoms with Crippen molar-refractivity contribution in [2.45, 2.75) is 25.3 Å². The van der Waals surface area contributed by atoms with Crippen molar-refractivity contribution >= 4 is 23.4 Å². The number of amides is 3. The third-order valence-corrected chi connectivity index (χ3v) is 4.60. The fraction of sp³-hybridized carbons (Fsp3) is 0.263. The Morgan fingerprint density at radius 1 is 1.21 bits per heavy atom. The van der Waals surface area contributed by atoms with Gasteiger partial charge in [-0.05, 0) is 43.0 Å². The number of nitrogens with one attached hydrogen (secondary N) is 1. The number of primary amides is 1. The van der Waals surface area contributed by atoms with E-state index in [0.29, 0.717) is 18.5 Å². The number of aromatic nitrogens is 1. The first-order valence-electron chi connectivity index (χ1n) is 8.72. The number of carbonyl (C=O) groups excluding carboxylic acids is 3. The van der Waals surface area contributed by atoms with E-state index in [2.05, 4.69) is 10.3 Å². The lowest BCUT2D eigenvalue weighted by molar-refractivity contribution is -0.145. The van der Waals surface area contributed by atoms with Crippen molar-refractivity contribution in [2.75, 3.05) is 11.9 Å². The van der Waals surface area contributed by atoms with Crippen molar-refractivity contribution in [1.82, 2.24) is 9.88 Å². The Kier molecular flexibility index (Phi) is 5.53. The molecule has 1 saturated heterocycles. The summed E-state index contributed by atoms with van der Waals surface area (Å²) in [6, 6.07) is 4.78. The number of nitrogens with zero attached hydrogens (tertiary/aromatic N) is 2. The molecule has 28 heavy (non-hydrogen) atoms. The number of piperidine rings is 1. The summed E-state index contributed by atoms with van der Waals surface area (Å²) < 4.78 is 13.7. The van der Waals surface area contributed by atoms with Crippen molar-refractivity contribution < 1.29 is 23.9 Å². The van der Waals surface area contributed by atoms with Gasteiger partial charge in [0.05, 0.1) is 23.5 Å². The molecular weight excluding hydrogens is 367 g/mol. The van der Waals surface area contributed by atoms with Crippen LogP contribution < -0.4 is 11.1 Å². The predicted octanol–water partition coefficient (Wildman–Crippen LogP) is 1.72. The van der Waals surface area contributed by atoms with E-state index in [9.17, 15) is 23.9 Å². The van der Waals surface area contributed by atoms with Gasteiger partial charge in [-0.2, -0.15) is 0 Å². The van der Waals surface area contributed by atoms with Gasteiger partial charge in [0.2, 0.25) is 5.91 Å². The minimum atomic E-state index is -0.894. The van der Waals surface area contributed by atoms with Gasteiger partial charge in [0.25, 0.3) is 0 Å². The van der Waals surface area contributed by atoms with Crippen molar-refractivity contribution in [2.24, 2.45) is 5.73 Å². The van der Waals surface area contributed by atoms with Crippen LogP contribution >= 0.6 is 0 Å². The minimum Gasteiger partial charge on any atom is -0.505 e. The summed E-state index contributed by atoms with van der Waals surface area (Å²) in [4.78, 5) is 41.6. The number of carbonyl (C=O) groups is 3. The molecule has 1 atom stereocenters. The third-order valence-electron chi connectivity index (χ3n) is 4.60. The van der Waals surface area contributed by atoms with Crippen molar-refractivity contribution in [3.8, 4) is 5.75 Å². The van der Waals surface area contributed by atoms with Crippen LogP contribution in [0.4, 0.5) is 10.1 Å². The monoisotopic (exact) mass is 386 g/mol. The largest absolute Gasteiger partial charge is 0.505 e. The molecule has 8 nitrogen and oxygen atoms in total. The predicted molar refractivity (Wildman–Crippen MR) is 97.8 cm³/mol. The van der Waals surface area contributed by atoms with Crippen LogP contribution in [0.3, 0.4) is 0 Å². The molecular formula is C19H19FN4O4. The molecule has 146 valence electrons. The molecule has 0 saturated carbocycles. The van der Waals surface area contributed by atoms with Crippen LogP contribution in [0.15, 0.2) is 36.7 Å². The van der Waals surface area contributed by atoms with Gasteiger partial charge in [-0.1, -0.05) is 6.07 Å². The highest BCUT2D eigenvalue weighted by molar-refractivity contribution is 6.39. The number of anilines is 1. The average molecular weight is 386 g/mol. The van der Waals surface area contributed by atoms with Crippen molar-refractivity contribution in [3.05, 3.63) is 53.6 Å². The fourth-order valence-corrected chi connectivity index (χ4v) is 3.21. The number of benzene rings is 1. The molecule has 0 unspecified atom stereocenters. The highest BCUT2D eigenvalue weighted by Gasteiger charge is 2.32. The number of halogens is 1. The zero-order valence-corrected chi connectivity index (χ0v) is 14.9. The summed E-state index contributed by atoms with van der Waals surface area (Å²) >= 11 is 0. The Balaban J connectivity index is 1.78. The van der Waals surface area contributed by atoms with Gasteiger partial charge in [-0.15, -0.1) is 0 Å². The zero-order valence-electron chi connectivity index (χ0n) is 14.9. The van der Waals surface area contributed by atoms with Gasteiger partial charge in [0.15, 0.2) is 11.6 Å². The summed E-state index contributed by atoms with van der Waals surface area (Å²) in [5.41, 5.74) is 5.95. The zero-order chi connectivity index (χ0) is 20.3. The number of rotatable bonds is 3. The summed E-state index contributed by atoms with van der Waals surface area (Å²) in [6.07, 6.45) is 4.65. The van der Waals surface area contributed by atoms with E-state index >= 15 is 0 Å². The second-order valence-electron chi connectivity index (χ2n) is 6.50. The number of pyridine rings is 1. The number of aromatic hydroxyl groups is 1. The van der Waals surface area contributed by atoms with Gasteiger partial charge in [0, 0.05) is 12.7 Å². The van der Waals surface area contributed by atoms with Crippen LogP contribution in [0, 0.1) is 5.82 Å². The van der Waals surface area contributed by atoms with Crippen LogP contribution in [-0.4, -0.2) is 39.3 Å². The van der Waals surface area contributed by atoms with E-state index in [1.54, 1.807) is 0 Å². The average Bonchev–Trinajstić information content (AvgIpc) is 2.69. The molecule has 3 rings (SSSR count). The Morgan fingerprint density at radius 2 is 2.00 bits per heavy atom. The molecule has 0 aliphatic carbocycles. The fourth-order valence-electron chi connectivity index (χ4n) is 3.21. The first-order chi connectivity index (χ1) is 13.4.